The monoisotopic (exact) mass is 225 g/mol. The van der Waals surface area contributed by atoms with Crippen LogP contribution in [0.15, 0.2) is 29.0 Å². The van der Waals surface area contributed by atoms with Crippen LogP contribution in [0.3, 0.4) is 0 Å². The topological polar surface area (TPSA) is 76.7 Å². The normalized spacial score (nSPS) is 14.0. The van der Waals surface area contributed by atoms with E-state index in [9.17, 15) is 4.79 Å². The Balaban J connectivity index is 2.15. The zero-order valence-corrected chi connectivity index (χ0v) is 8.79. The summed E-state index contributed by atoms with van der Waals surface area (Å²) in [6.45, 7) is -0.200. The third-order valence-corrected chi connectivity index (χ3v) is 1.65. The first-order valence-electron chi connectivity index (χ1n) is 4.29. The van der Waals surface area contributed by atoms with Gasteiger partial charge in [0.25, 0.3) is 5.91 Å². The van der Waals surface area contributed by atoms with Crippen LogP contribution in [-0.2, 0) is 9.63 Å². The van der Waals surface area contributed by atoms with E-state index in [1.165, 1.54) is 0 Å². The summed E-state index contributed by atoms with van der Waals surface area (Å²) in [5, 5.41) is 5.76. The average Bonchev–Trinajstić information content (AvgIpc) is 2.63. The number of carbonyl (C=O) groups is 1. The number of carbonyl (C=O) groups excluding carboxylic acids is 1. The molecule has 6 heteroatoms. The molecule has 0 saturated carbocycles. The number of nitrogens with one attached hydrogen (secondary N) is 1. The van der Waals surface area contributed by atoms with Crippen molar-refractivity contribution in [1.29, 1.82) is 0 Å². The Morgan fingerprint density at radius 3 is 3.20 bits per heavy atom. The minimum atomic E-state index is -0.418. The van der Waals surface area contributed by atoms with Crippen LogP contribution in [-0.4, -0.2) is 23.8 Å². The molecule has 0 atom stereocenters. The lowest BCUT2D eigenvalue weighted by molar-refractivity contribution is -0.124. The second kappa shape index (κ2) is 5.92. The van der Waals surface area contributed by atoms with E-state index in [1.807, 2.05) is 18.2 Å². The van der Waals surface area contributed by atoms with Crippen molar-refractivity contribution in [3.05, 3.63) is 23.8 Å². The van der Waals surface area contributed by atoms with Gasteiger partial charge in [0.05, 0.1) is 6.21 Å². The Labute approximate surface area is 92.6 Å². The zero-order valence-electron chi connectivity index (χ0n) is 7.97. The molecule has 0 heterocycles. The molecule has 0 aromatic carbocycles. The van der Waals surface area contributed by atoms with Gasteiger partial charge in [-0.1, -0.05) is 23.4 Å². The van der Waals surface area contributed by atoms with Gasteiger partial charge >= 0.3 is 0 Å². The molecule has 0 unspecified atom stereocenters. The quantitative estimate of drug-likeness (QED) is 0.408. The highest BCUT2D eigenvalue weighted by atomic mass is 32.1. The molecule has 0 bridgehead atoms. The number of rotatable bonds is 4. The van der Waals surface area contributed by atoms with Crippen LogP contribution in [0, 0.1) is 0 Å². The van der Waals surface area contributed by atoms with E-state index in [1.54, 1.807) is 6.21 Å². The van der Waals surface area contributed by atoms with Crippen LogP contribution >= 0.6 is 12.2 Å². The fourth-order valence-corrected chi connectivity index (χ4v) is 1.05. The van der Waals surface area contributed by atoms with Gasteiger partial charge < -0.3 is 15.9 Å². The van der Waals surface area contributed by atoms with Crippen molar-refractivity contribution in [1.82, 2.24) is 5.32 Å². The lowest BCUT2D eigenvalue weighted by Crippen LogP contribution is -2.36. The largest absolute Gasteiger partial charge is 0.386 e. The number of oxime groups is 1. The lowest BCUT2D eigenvalue weighted by atomic mass is 10.3. The molecule has 0 aromatic heterocycles. The molecule has 0 spiro atoms. The van der Waals surface area contributed by atoms with Crippen molar-refractivity contribution < 1.29 is 9.63 Å². The van der Waals surface area contributed by atoms with Crippen molar-refractivity contribution >= 4 is 29.5 Å². The minimum Gasteiger partial charge on any atom is -0.386 e. The molecule has 0 aromatic rings. The second-order valence-electron chi connectivity index (χ2n) is 2.79. The van der Waals surface area contributed by atoms with Gasteiger partial charge in [-0.3, -0.25) is 4.79 Å². The molecule has 1 aliphatic rings. The third-order valence-electron chi connectivity index (χ3n) is 1.55. The first kappa shape index (κ1) is 11.4. The van der Waals surface area contributed by atoms with Crippen molar-refractivity contribution in [3.63, 3.8) is 0 Å². The maximum absolute atomic E-state index is 10.9. The average molecular weight is 225 g/mol. The van der Waals surface area contributed by atoms with E-state index in [0.29, 0.717) is 0 Å². The summed E-state index contributed by atoms with van der Waals surface area (Å²) in [6, 6.07) is 0. The summed E-state index contributed by atoms with van der Waals surface area (Å²) >= 11 is 4.47. The molecule has 0 fully saturated rings. The van der Waals surface area contributed by atoms with E-state index in [4.69, 9.17) is 10.6 Å². The number of hydrogen-bond acceptors (Lipinski definition) is 4. The summed E-state index contributed by atoms with van der Waals surface area (Å²) in [7, 11) is 0. The van der Waals surface area contributed by atoms with Crippen molar-refractivity contribution in [2.24, 2.45) is 10.9 Å². The van der Waals surface area contributed by atoms with Gasteiger partial charge in [-0.25, -0.2) is 0 Å². The van der Waals surface area contributed by atoms with Crippen LogP contribution in [0.2, 0.25) is 0 Å². The number of thiocarbonyl (C=S) groups is 1. The molecule has 80 valence electrons. The van der Waals surface area contributed by atoms with Gasteiger partial charge in [0.1, 0.15) is 0 Å². The lowest BCUT2D eigenvalue weighted by Gasteiger charge is -2.00. The fourth-order valence-electron chi connectivity index (χ4n) is 0.934. The molecule has 0 saturated heterocycles. The first-order valence-corrected chi connectivity index (χ1v) is 4.69. The Bertz CT molecular complexity index is 347. The SMILES string of the molecule is NC(=S)NC(=O)CO/N=C/C1=CC=CC1. The number of hydrogen-bond donors (Lipinski definition) is 2. The molecule has 15 heavy (non-hydrogen) atoms. The third kappa shape index (κ3) is 4.92. The molecule has 1 amide bonds. The molecule has 1 rings (SSSR count). The van der Waals surface area contributed by atoms with E-state index in [-0.39, 0.29) is 11.7 Å². The first-order chi connectivity index (χ1) is 7.18. The molecular weight excluding hydrogens is 214 g/mol. The van der Waals surface area contributed by atoms with Crippen molar-refractivity contribution in [2.45, 2.75) is 6.42 Å². The van der Waals surface area contributed by atoms with Gasteiger partial charge in [-0.2, -0.15) is 0 Å². The fraction of sp³-hybridized carbons (Fsp3) is 0.222. The highest BCUT2D eigenvalue weighted by molar-refractivity contribution is 7.80. The molecule has 1 aliphatic carbocycles. The van der Waals surface area contributed by atoms with E-state index < -0.39 is 5.91 Å². The van der Waals surface area contributed by atoms with Crippen molar-refractivity contribution in [3.8, 4) is 0 Å². The second-order valence-corrected chi connectivity index (χ2v) is 3.23. The Morgan fingerprint density at radius 1 is 1.80 bits per heavy atom. The number of nitrogens with two attached hydrogens (primary N) is 1. The standard InChI is InChI=1S/C9H11N3O2S/c10-9(15)12-8(13)6-14-11-5-7-3-1-2-4-7/h1-3,5H,4,6H2,(H3,10,12,13,15)/b11-5+. The Hall–Kier alpha value is -1.69. The Morgan fingerprint density at radius 2 is 2.60 bits per heavy atom. The highest BCUT2D eigenvalue weighted by Gasteiger charge is 2.01. The molecule has 3 N–H and O–H groups in total. The van der Waals surface area contributed by atoms with Crippen LogP contribution in [0.4, 0.5) is 0 Å². The molecule has 0 radical (unpaired) electrons. The zero-order chi connectivity index (χ0) is 11.1. The maximum atomic E-state index is 10.9. The van der Waals surface area contributed by atoms with E-state index >= 15 is 0 Å². The van der Waals surface area contributed by atoms with Gasteiger partial charge in [0.2, 0.25) is 0 Å². The summed E-state index contributed by atoms with van der Waals surface area (Å²) in [6.07, 6.45) is 8.25. The minimum absolute atomic E-state index is 0.0738. The van der Waals surface area contributed by atoms with E-state index in [0.717, 1.165) is 12.0 Å². The summed E-state index contributed by atoms with van der Waals surface area (Å²) in [5.74, 6) is -0.418. The number of amides is 1. The number of nitrogens with zero attached hydrogens (tertiary/aromatic N) is 1. The van der Waals surface area contributed by atoms with Crippen LogP contribution in [0.1, 0.15) is 6.42 Å². The smallest absolute Gasteiger partial charge is 0.266 e. The summed E-state index contributed by atoms with van der Waals surface area (Å²) in [4.78, 5) is 15.7. The molecule has 0 aliphatic heterocycles. The molecule has 5 nitrogen and oxygen atoms in total. The predicted octanol–water partition coefficient (Wildman–Crippen LogP) is 0.235. The number of allylic oxidation sites excluding steroid dienone is 4. The van der Waals surface area contributed by atoms with Gasteiger partial charge in [0, 0.05) is 0 Å². The van der Waals surface area contributed by atoms with Crippen molar-refractivity contribution in [2.75, 3.05) is 6.61 Å². The molecular formula is C9H11N3O2S. The van der Waals surface area contributed by atoms with Crippen LogP contribution in [0.25, 0.3) is 0 Å². The van der Waals surface area contributed by atoms with E-state index in [2.05, 4.69) is 22.7 Å². The van der Waals surface area contributed by atoms with Crippen LogP contribution in [0.5, 0.6) is 0 Å². The summed E-state index contributed by atoms with van der Waals surface area (Å²) in [5.41, 5.74) is 6.12. The predicted molar refractivity (Wildman–Crippen MR) is 61.2 cm³/mol. The highest BCUT2D eigenvalue weighted by Crippen LogP contribution is 2.06. The summed E-state index contributed by atoms with van der Waals surface area (Å²) < 4.78 is 0. The van der Waals surface area contributed by atoms with Crippen LogP contribution < -0.4 is 11.1 Å². The Kier molecular flexibility index (Phi) is 4.49. The van der Waals surface area contributed by atoms with Gasteiger partial charge in [-0.15, -0.1) is 0 Å². The maximum Gasteiger partial charge on any atom is 0.266 e. The van der Waals surface area contributed by atoms with Gasteiger partial charge in [-0.05, 0) is 24.2 Å². The van der Waals surface area contributed by atoms with Gasteiger partial charge in [0.15, 0.2) is 11.7 Å².